The van der Waals surface area contributed by atoms with Gasteiger partial charge in [-0.05, 0) is 6.08 Å². The van der Waals surface area contributed by atoms with Crippen LogP contribution in [0.1, 0.15) is 13.8 Å². The molecule has 1 N–H and O–H groups in total. The summed E-state index contributed by atoms with van der Waals surface area (Å²) in [6, 6.07) is 0. The van der Waals surface area contributed by atoms with E-state index in [9.17, 15) is 8.78 Å². The van der Waals surface area contributed by atoms with Crippen LogP contribution in [0.15, 0.2) is 12.2 Å². The van der Waals surface area contributed by atoms with Crippen molar-refractivity contribution in [3.05, 3.63) is 12.2 Å². The Balaban J connectivity index is 2.58. The van der Waals surface area contributed by atoms with Crippen molar-refractivity contribution in [2.45, 2.75) is 20.0 Å². The van der Waals surface area contributed by atoms with Gasteiger partial charge in [0, 0.05) is 11.3 Å². The Bertz CT molecular complexity index is 170. The minimum absolute atomic E-state index is 0.344. The van der Waals surface area contributed by atoms with Crippen LogP contribution in [-0.2, 0) is 0 Å². The minimum Gasteiger partial charge on any atom is -0.392 e. The van der Waals surface area contributed by atoms with Gasteiger partial charge in [-0.1, -0.05) is 13.8 Å². The zero-order chi connectivity index (χ0) is 7.94. The molecular weight excluding hydrogens is 138 g/mol. The topological polar surface area (TPSA) is 20.2 Å². The predicted octanol–water partition coefficient (Wildman–Crippen LogP) is 1.78. The largest absolute Gasteiger partial charge is 0.392 e. The van der Waals surface area contributed by atoms with Crippen molar-refractivity contribution >= 4 is 0 Å². The second-order valence-corrected chi connectivity index (χ2v) is 3.25. The molecule has 0 aromatic carbocycles. The van der Waals surface area contributed by atoms with Crippen molar-refractivity contribution in [2.75, 3.05) is 0 Å². The maximum Gasteiger partial charge on any atom is 0.266 e. The van der Waals surface area contributed by atoms with Crippen LogP contribution in [0, 0.1) is 11.3 Å². The van der Waals surface area contributed by atoms with Crippen molar-refractivity contribution in [2.24, 2.45) is 11.3 Å². The fraction of sp³-hybridized carbons (Fsp3) is 0.714. The number of hydrogen-bond donors (Lipinski definition) is 1. The Morgan fingerprint density at radius 2 is 1.90 bits per heavy atom. The van der Waals surface area contributed by atoms with E-state index in [1.165, 1.54) is 0 Å². The first kappa shape index (κ1) is 7.66. The molecule has 0 spiro atoms. The third-order valence-corrected chi connectivity index (χ3v) is 2.16. The molecule has 1 aliphatic carbocycles. The SMILES string of the molecule is CC1(C)C(O)C1C=C(F)F. The quantitative estimate of drug-likeness (QED) is 0.601. The van der Waals surface area contributed by atoms with E-state index in [-0.39, 0.29) is 11.3 Å². The zero-order valence-electron chi connectivity index (χ0n) is 5.94. The van der Waals surface area contributed by atoms with E-state index in [1.807, 2.05) is 0 Å². The number of halogens is 2. The first-order valence-corrected chi connectivity index (χ1v) is 3.17. The zero-order valence-corrected chi connectivity index (χ0v) is 5.94. The van der Waals surface area contributed by atoms with E-state index in [4.69, 9.17) is 5.11 Å². The standard InChI is InChI=1S/C7H10F2O/c1-7(2)4(6(7)10)3-5(8)9/h3-4,6,10H,1-2H3. The predicted molar refractivity (Wildman–Crippen MR) is 33.6 cm³/mol. The molecule has 0 aromatic rings. The molecule has 0 amide bonds. The summed E-state index contributed by atoms with van der Waals surface area (Å²) in [4.78, 5) is 0. The maximum atomic E-state index is 11.6. The fourth-order valence-corrected chi connectivity index (χ4v) is 1.09. The average molecular weight is 148 g/mol. The van der Waals surface area contributed by atoms with Crippen LogP contribution in [0.5, 0.6) is 0 Å². The molecule has 3 heteroatoms. The lowest BCUT2D eigenvalue weighted by Gasteiger charge is -1.93. The molecule has 1 fully saturated rings. The maximum absolute atomic E-state index is 11.6. The van der Waals surface area contributed by atoms with Crippen LogP contribution >= 0.6 is 0 Å². The van der Waals surface area contributed by atoms with Crippen LogP contribution in [-0.4, -0.2) is 11.2 Å². The Labute approximate surface area is 58.4 Å². The molecule has 2 atom stereocenters. The molecule has 0 heterocycles. The summed E-state index contributed by atoms with van der Waals surface area (Å²) in [6.07, 6.45) is -1.46. The highest BCUT2D eigenvalue weighted by molar-refractivity contribution is 5.15. The van der Waals surface area contributed by atoms with E-state index >= 15 is 0 Å². The fourth-order valence-electron chi connectivity index (χ4n) is 1.09. The number of rotatable bonds is 1. The van der Waals surface area contributed by atoms with Crippen LogP contribution in [0.4, 0.5) is 8.78 Å². The van der Waals surface area contributed by atoms with Gasteiger partial charge in [-0.2, -0.15) is 8.78 Å². The lowest BCUT2D eigenvalue weighted by Crippen LogP contribution is -1.91. The number of aliphatic hydroxyl groups is 1. The van der Waals surface area contributed by atoms with Gasteiger partial charge in [-0.3, -0.25) is 0 Å². The van der Waals surface area contributed by atoms with Gasteiger partial charge in [0.1, 0.15) is 0 Å². The summed E-state index contributed by atoms with van der Waals surface area (Å²) in [5, 5.41) is 9.03. The Morgan fingerprint density at radius 1 is 1.50 bits per heavy atom. The number of hydrogen-bond acceptors (Lipinski definition) is 1. The van der Waals surface area contributed by atoms with Gasteiger partial charge in [-0.15, -0.1) is 0 Å². The van der Waals surface area contributed by atoms with Gasteiger partial charge < -0.3 is 5.11 Å². The van der Waals surface area contributed by atoms with E-state index < -0.39 is 12.2 Å². The summed E-state index contributed by atoms with van der Waals surface area (Å²) in [5.74, 6) is -0.350. The van der Waals surface area contributed by atoms with Gasteiger partial charge >= 0.3 is 0 Å². The molecule has 58 valence electrons. The van der Waals surface area contributed by atoms with Crippen molar-refractivity contribution in [3.63, 3.8) is 0 Å². The van der Waals surface area contributed by atoms with Gasteiger partial charge in [0.05, 0.1) is 6.10 Å². The monoisotopic (exact) mass is 148 g/mol. The van der Waals surface area contributed by atoms with Gasteiger partial charge in [0.25, 0.3) is 6.08 Å². The van der Waals surface area contributed by atoms with E-state index in [1.54, 1.807) is 13.8 Å². The van der Waals surface area contributed by atoms with Crippen LogP contribution in [0.2, 0.25) is 0 Å². The van der Waals surface area contributed by atoms with Crippen molar-refractivity contribution in [3.8, 4) is 0 Å². The Hall–Kier alpha value is -0.440. The van der Waals surface area contributed by atoms with Gasteiger partial charge in [0.2, 0.25) is 0 Å². The molecule has 1 nitrogen and oxygen atoms in total. The van der Waals surface area contributed by atoms with Gasteiger partial charge in [-0.25, -0.2) is 0 Å². The molecule has 1 saturated carbocycles. The molecule has 0 saturated heterocycles. The van der Waals surface area contributed by atoms with Crippen molar-refractivity contribution in [1.82, 2.24) is 0 Å². The van der Waals surface area contributed by atoms with Crippen LogP contribution in [0.25, 0.3) is 0 Å². The average Bonchev–Trinajstić information content (AvgIpc) is 2.17. The first-order chi connectivity index (χ1) is 4.46. The third kappa shape index (κ3) is 1.06. The molecule has 0 bridgehead atoms. The minimum atomic E-state index is -1.70. The van der Waals surface area contributed by atoms with E-state index in [2.05, 4.69) is 0 Å². The van der Waals surface area contributed by atoms with Crippen molar-refractivity contribution < 1.29 is 13.9 Å². The summed E-state index contributed by atoms with van der Waals surface area (Å²) in [7, 11) is 0. The van der Waals surface area contributed by atoms with E-state index in [0.29, 0.717) is 0 Å². The lowest BCUT2D eigenvalue weighted by atomic mass is 10.1. The Morgan fingerprint density at radius 3 is 2.00 bits per heavy atom. The Kier molecular flexibility index (Phi) is 1.55. The second-order valence-electron chi connectivity index (χ2n) is 3.25. The highest BCUT2D eigenvalue weighted by Gasteiger charge is 2.56. The highest BCUT2D eigenvalue weighted by Crippen LogP contribution is 2.53. The molecule has 2 unspecified atom stereocenters. The van der Waals surface area contributed by atoms with Gasteiger partial charge in [0.15, 0.2) is 0 Å². The molecule has 1 rings (SSSR count). The van der Waals surface area contributed by atoms with Crippen molar-refractivity contribution in [1.29, 1.82) is 0 Å². The summed E-state index contributed by atoms with van der Waals surface area (Å²) in [5.41, 5.74) is -0.344. The smallest absolute Gasteiger partial charge is 0.266 e. The lowest BCUT2D eigenvalue weighted by molar-refractivity contribution is 0.232. The summed E-state index contributed by atoms with van der Waals surface area (Å²) < 4.78 is 23.2. The van der Waals surface area contributed by atoms with Crippen LogP contribution in [0.3, 0.4) is 0 Å². The molecule has 0 aliphatic heterocycles. The molecule has 10 heavy (non-hydrogen) atoms. The highest BCUT2D eigenvalue weighted by atomic mass is 19.3. The molecule has 0 aromatic heterocycles. The first-order valence-electron chi connectivity index (χ1n) is 3.17. The number of aliphatic hydroxyl groups excluding tert-OH is 1. The summed E-state index contributed by atoms with van der Waals surface area (Å²) >= 11 is 0. The van der Waals surface area contributed by atoms with E-state index in [0.717, 1.165) is 6.08 Å². The molecular formula is C7H10F2O. The normalized spacial score (nSPS) is 35.3. The van der Waals surface area contributed by atoms with Crippen LogP contribution < -0.4 is 0 Å². The molecule has 0 radical (unpaired) electrons. The summed E-state index contributed by atoms with van der Waals surface area (Å²) in [6.45, 7) is 3.53. The molecule has 1 aliphatic rings. The third-order valence-electron chi connectivity index (χ3n) is 2.16. The second kappa shape index (κ2) is 2.02.